The Morgan fingerprint density at radius 2 is 1.90 bits per heavy atom. The summed E-state index contributed by atoms with van der Waals surface area (Å²) in [6.07, 6.45) is 5.00. The van der Waals surface area contributed by atoms with E-state index in [0.717, 1.165) is 23.5 Å². The number of amides is 1. The maximum atomic E-state index is 14.2. The largest absolute Gasteiger partial charge is 0.467 e. The van der Waals surface area contributed by atoms with Gasteiger partial charge in [0.05, 0.1) is 36.6 Å². The lowest BCUT2D eigenvalue weighted by Gasteiger charge is -2.39. The van der Waals surface area contributed by atoms with Gasteiger partial charge in [0, 0.05) is 36.5 Å². The summed E-state index contributed by atoms with van der Waals surface area (Å²) in [5.74, 6) is -2.42. The SMILES string of the molecule is COC(=O)C(CCOC[C@H](CCc1ccc2cccnc2n1)O[Si](C)(C)C(C)(C)C)NC(=O)c1c(F)cncc1Cl. The Kier molecular flexibility index (Phi) is 11.3. The number of aryl methyl sites for hydroxylation is 1. The van der Waals surface area contributed by atoms with Crippen LogP contribution in [-0.4, -0.2) is 67.6 Å². The van der Waals surface area contributed by atoms with Crippen LogP contribution in [0.25, 0.3) is 11.0 Å². The van der Waals surface area contributed by atoms with Crippen molar-refractivity contribution >= 4 is 42.8 Å². The van der Waals surface area contributed by atoms with Crippen LogP contribution in [-0.2, 0) is 25.1 Å². The van der Waals surface area contributed by atoms with Gasteiger partial charge in [0.1, 0.15) is 6.04 Å². The molecule has 1 unspecified atom stereocenters. The molecule has 3 rings (SSSR count). The zero-order valence-corrected chi connectivity index (χ0v) is 26.1. The number of halogens is 2. The molecule has 41 heavy (non-hydrogen) atoms. The van der Waals surface area contributed by atoms with Crippen LogP contribution in [0.4, 0.5) is 4.39 Å². The van der Waals surface area contributed by atoms with E-state index in [4.69, 9.17) is 25.5 Å². The van der Waals surface area contributed by atoms with Gasteiger partial charge in [-0.15, -0.1) is 0 Å². The number of carbonyl (C=O) groups excluding carboxylic acids is 2. The molecule has 0 aliphatic heterocycles. The summed E-state index contributed by atoms with van der Waals surface area (Å²) in [6, 6.07) is 6.80. The molecular formula is C29H38ClFN4O5Si. The van der Waals surface area contributed by atoms with E-state index in [-0.39, 0.29) is 35.8 Å². The number of hydrogen-bond donors (Lipinski definition) is 1. The molecule has 0 radical (unpaired) electrons. The summed E-state index contributed by atoms with van der Waals surface area (Å²) in [5.41, 5.74) is 1.22. The number of aromatic nitrogens is 3. The van der Waals surface area contributed by atoms with Crippen molar-refractivity contribution in [3.05, 3.63) is 65.0 Å². The van der Waals surface area contributed by atoms with Crippen molar-refractivity contribution in [1.29, 1.82) is 0 Å². The number of hydrogen-bond acceptors (Lipinski definition) is 8. The first-order chi connectivity index (χ1) is 19.3. The molecule has 222 valence electrons. The van der Waals surface area contributed by atoms with Crippen LogP contribution in [0.5, 0.6) is 0 Å². The lowest BCUT2D eigenvalue weighted by atomic mass is 10.1. The van der Waals surface area contributed by atoms with E-state index in [9.17, 15) is 14.0 Å². The minimum atomic E-state index is -2.12. The normalized spacial score (nSPS) is 13.6. The zero-order chi connectivity index (χ0) is 30.2. The van der Waals surface area contributed by atoms with Gasteiger partial charge in [0.2, 0.25) is 0 Å². The van der Waals surface area contributed by atoms with E-state index in [0.29, 0.717) is 18.5 Å². The van der Waals surface area contributed by atoms with Crippen molar-refractivity contribution in [2.45, 2.75) is 70.3 Å². The average Bonchev–Trinajstić information content (AvgIpc) is 2.91. The monoisotopic (exact) mass is 604 g/mol. The summed E-state index contributed by atoms with van der Waals surface area (Å²) in [5, 5.41) is 3.31. The van der Waals surface area contributed by atoms with Gasteiger partial charge in [0.15, 0.2) is 19.8 Å². The molecule has 0 aromatic carbocycles. The highest BCUT2D eigenvalue weighted by Crippen LogP contribution is 2.37. The number of carbonyl (C=O) groups is 2. The standard InChI is InChI=1S/C29H38ClFN4O5Si/c1-29(2,3)41(5,6)40-21(12-11-20-10-9-19-8-7-14-33-26(19)34-20)18-39-15-13-24(28(37)38-4)35-27(36)25-22(30)16-32-17-23(25)31/h7-10,14,16-17,21,24H,11-13,15,18H2,1-6H3,(H,35,36)/t21-,24?/m0/s1. The Labute approximate surface area is 246 Å². The first-order valence-corrected chi connectivity index (χ1v) is 16.7. The Hall–Kier alpha value is -2.99. The molecule has 1 N–H and O–H groups in total. The molecule has 0 bridgehead atoms. The molecule has 0 saturated carbocycles. The number of pyridine rings is 3. The average molecular weight is 605 g/mol. The summed E-state index contributed by atoms with van der Waals surface area (Å²) < 4.78 is 31.6. The predicted molar refractivity (Wildman–Crippen MR) is 158 cm³/mol. The second kappa shape index (κ2) is 14.3. The molecule has 3 heterocycles. The third-order valence-electron chi connectivity index (χ3n) is 7.24. The molecule has 3 aromatic heterocycles. The Bertz CT molecular complexity index is 1330. The quantitative estimate of drug-likeness (QED) is 0.154. The topological polar surface area (TPSA) is 113 Å². The Morgan fingerprint density at radius 3 is 2.59 bits per heavy atom. The molecule has 0 aliphatic rings. The van der Waals surface area contributed by atoms with Crippen LogP contribution in [0.1, 0.15) is 49.7 Å². The summed E-state index contributed by atoms with van der Waals surface area (Å²) in [4.78, 5) is 37.7. The van der Waals surface area contributed by atoms with Crippen LogP contribution in [0, 0.1) is 5.82 Å². The summed E-state index contributed by atoms with van der Waals surface area (Å²) in [6.45, 7) is 11.3. The predicted octanol–water partition coefficient (Wildman–Crippen LogP) is 5.52. The molecule has 3 aromatic rings. The van der Waals surface area contributed by atoms with Crippen LogP contribution in [0.3, 0.4) is 0 Å². The fraction of sp³-hybridized carbons (Fsp3) is 0.483. The van der Waals surface area contributed by atoms with Crippen LogP contribution >= 0.6 is 11.6 Å². The fourth-order valence-corrected chi connectivity index (χ4v) is 5.48. The maximum Gasteiger partial charge on any atom is 0.328 e. The molecule has 12 heteroatoms. The third-order valence-corrected chi connectivity index (χ3v) is 12.1. The Morgan fingerprint density at radius 1 is 1.15 bits per heavy atom. The van der Waals surface area contributed by atoms with Crippen molar-refractivity contribution in [1.82, 2.24) is 20.3 Å². The minimum Gasteiger partial charge on any atom is -0.467 e. The van der Waals surface area contributed by atoms with Crippen molar-refractivity contribution in [3.8, 4) is 0 Å². The van der Waals surface area contributed by atoms with E-state index >= 15 is 0 Å². The molecule has 0 spiro atoms. The molecule has 0 aliphatic carbocycles. The first-order valence-electron chi connectivity index (χ1n) is 13.5. The zero-order valence-electron chi connectivity index (χ0n) is 24.4. The second-order valence-electron chi connectivity index (χ2n) is 11.3. The number of methoxy groups -OCH3 is 1. The summed E-state index contributed by atoms with van der Waals surface area (Å²) >= 11 is 5.95. The highest BCUT2D eigenvalue weighted by atomic mass is 35.5. The van der Waals surface area contributed by atoms with Crippen LogP contribution in [0.15, 0.2) is 42.9 Å². The van der Waals surface area contributed by atoms with E-state index in [1.165, 1.54) is 7.11 Å². The second-order valence-corrected chi connectivity index (χ2v) is 16.4. The van der Waals surface area contributed by atoms with Crippen molar-refractivity contribution in [2.75, 3.05) is 20.3 Å². The fourth-order valence-electron chi connectivity index (χ4n) is 3.88. The number of esters is 1. The number of rotatable bonds is 13. The molecule has 0 saturated heterocycles. The van der Waals surface area contributed by atoms with Gasteiger partial charge < -0.3 is 19.2 Å². The van der Waals surface area contributed by atoms with Gasteiger partial charge >= 0.3 is 5.97 Å². The number of nitrogens with one attached hydrogen (secondary N) is 1. The number of ether oxygens (including phenoxy) is 2. The lowest BCUT2D eigenvalue weighted by Crippen LogP contribution is -2.45. The molecule has 9 nitrogen and oxygen atoms in total. The molecular weight excluding hydrogens is 567 g/mol. The van der Waals surface area contributed by atoms with Crippen molar-refractivity contribution < 1.29 is 27.9 Å². The van der Waals surface area contributed by atoms with Gasteiger partial charge in [-0.3, -0.25) is 9.78 Å². The summed E-state index contributed by atoms with van der Waals surface area (Å²) in [7, 11) is -0.913. The lowest BCUT2D eigenvalue weighted by molar-refractivity contribution is -0.143. The first kappa shape index (κ1) is 32.5. The van der Waals surface area contributed by atoms with Gasteiger partial charge in [-0.2, -0.15) is 0 Å². The van der Waals surface area contributed by atoms with Gasteiger partial charge in [-0.25, -0.2) is 19.2 Å². The molecule has 0 fully saturated rings. The van der Waals surface area contributed by atoms with Crippen molar-refractivity contribution in [3.63, 3.8) is 0 Å². The van der Waals surface area contributed by atoms with Crippen molar-refractivity contribution in [2.24, 2.45) is 0 Å². The highest BCUT2D eigenvalue weighted by molar-refractivity contribution is 6.74. The van der Waals surface area contributed by atoms with Gasteiger partial charge in [0.25, 0.3) is 5.91 Å². The Balaban J connectivity index is 1.64. The highest BCUT2D eigenvalue weighted by Gasteiger charge is 2.39. The number of fused-ring (bicyclic) bond motifs is 1. The van der Waals surface area contributed by atoms with Crippen LogP contribution in [0.2, 0.25) is 23.2 Å². The van der Waals surface area contributed by atoms with Gasteiger partial charge in [-0.05, 0) is 55.2 Å². The molecule has 2 atom stereocenters. The molecule has 1 amide bonds. The maximum absolute atomic E-state index is 14.2. The van der Waals surface area contributed by atoms with Crippen LogP contribution < -0.4 is 5.32 Å². The van der Waals surface area contributed by atoms with E-state index in [1.54, 1.807) is 6.20 Å². The van der Waals surface area contributed by atoms with E-state index < -0.39 is 37.6 Å². The van der Waals surface area contributed by atoms with E-state index in [1.807, 2.05) is 24.3 Å². The smallest absolute Gasteiger partial charge is 0.328 e. The van der Waals surface area contributed by atoms with E-state index in [2.05, 4.69) is 54.1 Å². The third kappa shape index (κ3) is 8.99. The van der Waals surface area contributed by atoms with Gasteiger partial charge in [-0.1, -0.05) is 32.4 Å². The minimum absolute atomic E-state index is 0.000135. The number of nitrogens with zero attached hydrogens (tertiary/aromatic N) is 3.